The van der Waals surface area contributed by atoms with E-state index in [1.165, 1.54) is 12.1 Å². The number of para-hydroxylation sites is 1. The zero-order valence-corrected chi connectivity index (χ0v) is 12.9. The highest BCUT2D eigenvalue weighted by Gasteiger charge is 2.24. The first kappa shape index (κ1) is 14.7. The van der Waals surface area contributed by atoms with Crippen LogP contribution in [-0.4, -0.2) is 5.71 Å². The largest absolute Gasteiger partial charge is 0.261 e. The zero-order valence-electron chi connectivity index (χ0n) is 12.9. The van der Waals surface area contributed by atoms with Crippen LogP contribution in [0.2, 0.25) is 0 Å². The molecule has 0 unspecified atom stereocenters. The summed E-state index contributed by atoms with van der Waals surface area (Å²) in [5, 5.41) is 6.55. The van der Waals surface area contributed by atoms with Crippen molar-refractivity contribution >= 4 is 11.4 Å². The molecule has 0 radical (unpaired) electrons. The van der Waals surface area contributed by atoms with Gasteiger partial charge in [-0.1, -0.05) is 32.0 Å². The first-order chi connectivity index (χ1) is 10.5. The van der Waals surface area contributed by atoms with Gasteiger partial charge in [0.05, 0.1) is 17.9 Å². The van der Waals surface area contributed by atoms with Crippen LogP contribution in [0.4, 0.5) is 14.5 Å². The van der Waals surface area contributed by atoms with Crippen molar-refractivity contribution in [1.29, 1.82) is 0 Å². The Balaban J connectivity index is 2.13. The molecule has 0 bridgehead atoms. The van der Waals surface area contributed by atoms with Crippen LogP contribution >= 0.6 is 0 Å². The molecule has 2 aromatic carbocycles. The van der Waals surface area contributed by atoms with E-state index in [1.807, 2.05) is 50.0 Å². The van der Waals surface area contributed by atoms with Crippen molar-refractivity contribution in [2.75, 3.05) is 5.01 Å². The first-order valence-electron chi connectivity index (χ1n) is 7.37. The van der Waals surface area contributed by atoms with E-state index in [9.17, 15) is 8.78 Å². The van der Waals surface area contributed by atoms with Crippen molar-refractivity contribution in [3.63, 3.8) is 0 Å². The molecule has 0 aliphatic carbocycles. The standard InChI is InChI=1S/C18H18F2N2/c1-11(2)18-14-9-16(20)15(19)8-13(14)10-22(21-18)17-7-5-4-6-12(17)3/h4-9,11H,10H2,1-3H3. The molecule has 2 nitrogen and oxygen atoms in total. The monoisotopic (exact) mass is 300 g/mol. The lowest BCUT2D eigenvalue weighted by atomic mass is 9.93. The molecule has 2 aromatic rings. The number of nitrogens with zero attached hydrogens (tertiary/aromatic N) is 2. The minimum Gasteiger partial charge on any atom is -0.261 e. The predicted octanol–water partition coefficient (Wildman–Crippen LogP) is 4.65. The van der Waals surface area contributed by atoms with Crippen LogP contribution in [0, 0.1) is 24.5 Å². The van der Waals surface area contributed by atoms with E-state index in [4.69, 9.17) is 0 Å². The van der Waals surface area contributed by atoms with E-state index in [0.717, 1.165) is 22.5 Å². The van der Waals surface area contributed by atoms with Crippen molar-refractivity contribution in [3.8, 4) is 0 Å². The SMILES string of the molecule is Cc1ccccc1N1Cc2cc(F)c(F)cc2C(C(C)C)=N1. The minimum absolute atomic E-state index is 0.121. The first-order valence-corrected chi connectivity index (χ1v) is 7.37. The van der Waals surface area contributed by atoms with Gasteiger partial charge in [0.15, 0.2) is 11.6 Å². The zero-order chi connectivity index (χ0) is 15.9. The molecule has 4 heteroatoms. The van der Waals surface area contributed by atoms with Crippen molar-refractivity contribution in [2.45, 2.75) is 27.3 Å². The van der Waals surface area contributed by atoms with E-state index < -0.39 is 11.6 Å². The lowest BCUT2D eigenvalue weighted by Crippen LogP contribution is -2.29. The Kier molecular flexibility index (Phi) is 3.69. The number of anilines is 1. The van der Waals surface area contributed by atoms with Crippen LogP contribution < -0.4 is 5.01 Å². The number of halogens is 2. The second kappa shape index (κ2) is 5.52. The number of hydrogen-bond acceptors (Lipinski definition) is 2. The van der Waals surface area contributed by atoms with Gasteiger partial charge in [-0.25, -0.2) is 8.78 Å². The Morgan fingerprint density at radius 2 is 1.77 bits per heavy atom. The minimum atomic E-state index is -0.823. The summed E-state index contributed by atoms with van der Waals surface area (Å²) in [6.07, 6.45) is 0. The number of fused-ring (bicyclic) bond motifs is 1. The van der Waals surface area contributed by atoms with E-state index in [2.05, 4.69) is 5.10 Å². The fourth-order valence-corrected chi connectivity index (χ4v) is 2.76. The summed E-state index contributed by atoms with van der Waals surface area (Å²) in [4.78, 5) is 0. The summed E-state index contributed by atoms with van der Waals surface area (Å²) >= 11 is 0. The molecule has 0 atom stereocenters. The highest BCUT2D eigenvalue weighted by molar-refractivity contribution is 6.04. The topological polar surface area (TPSA) is 15.6 Å². The van der Waals surface area contributed by atoms with Gasteiger partial charge in [0.2, 0.25) is 0 Å². The molecule has 0 N–H and O–H groups in total. The number of rotatable bonds is 2. The second-order valence-electron chi connectivity index (χ2n) is 5.91. The van der Waals surface area contributed by atoms with Gasteiger partial charge in [-0.15, -0.1) is 0 Å². The van der Waals surface area contributed by atoms with Gasteiger partial charge in [0, 0.05) is 5.56 Å². The summed E-state index contributed by atoms with van der Waals surface area (Å²) in [7, 11) is 0. The van der Waals surface area contributed by atoms with E-state index in [-0.39, 0.29) is 5.92 Å². The molecule has 0 amide bonds. The van der Waals surface area contributed by atoms with Crippen molar-refractivity contribution in [2.24, 2.45) is 11.0 Å². The third-order valence-corrected chi connectivity index (χ3v) is 3.91. The van der Waals surface area contributed by atoms with Gasteiger partial charge in [-0.05, 0) is 42.2 Å². The van der Waals surface area contributed by atoms with Gasteiger partial charge in [-0.2, -0.15) is 5.10 Å². The summed E-state index contributed by atoms with van der Waals surface area (Å²) < 4.78 is 27.2. The van der Waals surface area contributed by atoms with Crippen molar-refractivity contribution in [1.82, 2.24) is 0 Å². The summed E-state index contributed by atoms with van der Waals surface area (Å²) in [5.74, 6) is -1.51. The van der Waals surface area contributed by atoms with Gasteiger partial charge in [0.1, 0.15) is 0 Å². The quantitative estimate of drug-likeness (QED) is 0.788. The van der Waals surface area contributed by atoms with Crippen LogP contribution in [0.1, 0.15) is 30.5 Å². The molecular weight excluding hydrogens is 282 g/mol. The molecular formula is C18H18F2N2. The molecule has 1 heterocycles. The highest BCUT2D eigenvalue weighted by Crippen LogP contribution is 2.30. The summed E-state index contributed by atoms with van der Waals surface area (Å²) in [6.45, 7) is 6.46. The maximum Gasteiger partial charge on any atom is 0.159 e. The molecule has 0 saturated heterocycles. The van der Waals surface area contributed by atoms with Crippen LogP contribution in [0.15, 0.2) is 41.5 Å². The van der Waals surface area contributed by atoms with Crippen LogP contribution in [-0.2, 0) is 6.54 Å². The van der Waals surface area contributed by atoms with Gasteiger partial charge >= 0.3 is 0 Å². The summed E-state index contributed by atoms with van der Waals surface area (Å²) in [6, 6.07) is 10.5. The Morgan fingerprint density at radius 1 is 1.09 bits per heavy atom. The third-order valence-electron chi connectivity index (χ3n) is 3.91. The second-order valence-corrected chi connectivity index (χ2v) is 5.91. The third kappa shape index (κ3) is 2.49. The van der Waals surface area contributed by atoms with Crippen LogP contribution in [0.3, 0.4) is 0 Å². The Labute approximate surface area is 129 Å². The van der Waals surface area contributed by atoms with Gasteiger partial charge in [-0.3, -0.25) is 5.01 Å². The molecule has 0 aromatic heterocycles. The van der Waals surface area contributed by atoms with E-state index >= 15 is 0 Å². The highest BCUT2D eigenvalue weighted by atomic mass is 19.2. The molecule has 0 saturated carbocycles. The molecule has 0 spiro atoms. The Bertz CT molecular complexity index is 751. The van der Waals surface area contributed by atoms with Gasteiger partial charge in [0.25, 0.3) is 0 Å². The average Bonchev–Trinajstić information content (AvgIpc) is 2.48. The van der Waals surface area contributed by atoms with Crippen molar-refractivity contribution < 1.29 is 8.78 Å². The lowest BCUT2D eigenvalue weighted by molar-refractivity contribution is 0.506. The fourth-order valence-electron chi connectivity index (χ4n) is 2.76. The van der Waals surface area contributed by atoms with Crippen molar-refractivity contribution in [3.05, 3.63) is 64.7 Å². The molecule has 1 aliphatic heterocycles. The molecule has 114 valence electrons. The Morgan fingerprint density at radius 3 is 2.45 bits per heavy atom. The molecule has 0 fully saturated rings. The van der Waals surface area contributed by atoms with E-state index in [0.29, 0.717) is 12.1 Å². The normalized spacial score (nSPS) is 14.1. The predicted molar refractivity (Wildman–Crippen MR) is 85.1 cm³/mol. The molecule has 22 heavy (non-hydrogen) atoms. The summed E-state index contributed by atoms with van der Waals surface area (Å²) in [5.41, 5.74) is 4.33. The van der Waals surface area contributed by atoms with Gasteiger partial charge < -0.3 is 0 Å². The van der Waals surface area contributed by atoms with Crippen LogP contribution in [0.5, 0.6) is 0 Å². The maximum absolute atomic E-state index is 13.6. The average molecular weight is 300 g/mol. The molecule has 1 aliphatic rings. The fraction of sp³-hybridized carbons (Fsp3) is 0.278. The number of hydrazone groups is 1. The van der Waals surface area contributed by atoms with Crippen LogP contribution in [0.25, 0.3) is 0 Å². The molecule has 3 rings (SSSR count). The number of benzene rings is 2. The Hall–Kier alpha value is -2.23. The number of hydrogen-bond donors (Lipinski definition) is 0. The lowest BCUT2D eigenvalue weighted by Gasteiger charge is -2.30. The maximum atomic E-state index is 13.6. The smallest absolute Gasteiger partial charge is 0.159 e. The van der Waals surface area contributed by atoms with E-state index in [1.54, 1.807) is 0 Å². The number of aryl methyl sites for hydroxylation is 1.